The second-order valence-electron chi connectivity index (χ2n) is 7.46. The minimum Gasteiger partial charge on any atom is -0.382 e. The Bertz CT molecular complexity index is 1400. The van der Waals surface area contributed by atoms with E-state index in [-0.39, 0.29) is 0 Å². The van der Waals surface area contributed by atoms with E-state index in [2.05, 4.69) is 63.3 Å². The van der Waals surface area contributed by atoms with Crippen molar-refractivity contribution in [2.45, 2.75) is 36.1 Å². The number of nitrogens with zero attached hydrogens (tertiary/aromatic N) is 4. The molecule has 0 saturated carbocycles. The van der Waals surface area contributed by atoms with Gasteiger partial charge in [-0.2, -0.15) is 0 Å². The van der Waals surface area contributed by atoms with Crippen molar-refractivity contribution in [1.82, 2.24) is 19.5 Å². The van der Waals surface area contributed by atoms with Crippen LogP contribution in [0.2, 0.25) is 0 Å². The van der Waals surface area contributed by atoms with Gasteiger partial charge < -0.3 is 10.3 Å². The maximum absolute atomic E-state index is 6.13. The van der Waals surface area contributed by atoms with Crippen molar-refractivity contribution in [3.05, 3.63) is 53.0 Å². The molecule has 0 saturated heterocycles. The van der Waals surface area contributed by atoms with Crippen LogP contribution in [0.4, 0.5) is 5.82 Å². The van der Waals surface area contributed by atoms with Crippen molar-refractivity contribution in [2.75, 3.05) is 5.73 Å². The van der Waals surface area contributed by atoms with E-state index in [0.717, 1.165) is 35.8 Å². The predicted molar refractivity (Wildman–Crippen MR) is 127 cm³/mol. The molecule has 6 rings (SSSR count). The van der Waals surface area contributed by atoms with Gasteiger partial charge in [-0.05, 0) is 47.2 Å². The molecule has 0 spiro atoms. The van der Waals surface area contributed by atoms with Gasteiger partial charge in [0.1, 0.15) is 12.2 Å². The van der Waals surface area contributed by atoms with Crippen molar-refractivity contribution in [1.29, 1.82) is 0 Å². The Balaban J connectivity index is 1.58. The van der Waals surface area contributed by atoms with Gasteiger partial charge in [-0.3, -0.25) is 0 Å². The van der Waals surface area contributed by atoms with E-state index in [1.807, 2.05) is 0 Å². The van der Waals surface area contributed by atoms with Crippen LogP contribution >= 0.6 is 23.5 Å². The normalized spacial score (nSPS) is 14.5. The number of unbranched alkanes of at least 4 members (excludes halogenated alkanes) is 1. The molecule has 0 bridgehead atoms. The number of hydrogen-bond donors (Lipinski definition) is 1. The van der Waals surface area contributed by atoms with Crippen molar-refractivity contribution in [2.24, 2.45) is 0 Å². The minimum absolute atomic E-state index is 0.431. The topological polar surface area (TPSA) is 69.6 Å². The van der Waals surface area contributed by atoms with E-state index in [1.165, 1.54) is 38.0 Å². The summed E-state index contributed by atoms with van der Waals surface area (Å²) in [5, 5.41) is 4.86. The number of aromatic nitrogens is 4. The first kappa shape index (κ1) is 18.0. The Morgan fingerprint density at radius 3 is 2.77 bits per heavy atom. The Labute approximate surface area is 182 Å². The summed E-state index contributed by atoms with van der Waals surface area (Å²) in [6, 6.07) is 8.91. The lowest BCUT2D eigenvalue weighted by Crippen LogP contribution is -2.05. The minimum atomic E-state index is 0.431. The fourth-order valence-electron chi connectivity index (χ4n) is 4.18. The van der Waals surface area contributed by atoms with Gasteiger partial charge in [0, 0.05) is 27.1 Å². The van der Waals surface area contributed by atoms with E-state index in [1.54, 1.807) is 23.5 Å². The number of hydrogen-bond acceptors (Lipinski definition) is 6. The van der Waals surface area contributed by atoms with Crippen molar-refractivity contribution in [3.63, 3.8) is 0 Å². The van der Waals surface area contributed by atoms with Gasteiger partial charge in [-0.25, -0.2) is 15.0 Å². The van der Waals surface area contributed by atoms with Gasteiger partial charge >= 0.3 is 0 Å². The van der Waals surface area contributed by atoms with Crippen molar-refractivity contribution >= 4 is 68.3 Å². The second kappa shape index (κ2) is 6.89. The highest BCUT2D eigenvalue weighted by molar-refractivity contribution is 8.08. The summed E-state index contributed by atoms with van der Waals surface area (Å²) in [5.41, 5.74) is 10.2. The maximum atomic E-state index is 6.13. The fourth-order valence-corrected chi connectivity index (χ4v) is 6.15. The lowest BCUT2D eigenvalue weighted by atomic mass is 9.99. The first-order valence-corrected chi connectivity index (χ1v) is 11.7. The third kappa shape index (κ3) is 2.62. The van der Waals surface area contributed by atoms with Crippen LogP contribution in [0.5, 0.6) is 0 Å². The van der Waals surface area contributed by atoms with Gasteiger partial charge in [0.2, 0.25) is 0 Å². The van der Waals surface area contributed by atoms with Crippen molar-refractivity contribution in [3.8, 4) is 0 Å². The Morgan fingerprint density at radius 1 is 1.03 bits per heavy atom. The third-order valence-electron chi connectivity index (χ3n) is 5.61. The van der Waals surface area contributed by atoms with E-state index in [0.29, 0.717) is 11.3 Å². The van der Waals surface area contributed by atoms with Gasteiger partial charge in [-0.1, -0.05) is 49.0 Å². The molecule has 2 aliphatic rings. The molecule has 0 atom stereocenters. The molecule has 2 aromatic heterocycles. The molecule has 0 fully saturated rings. The van der Waals surface area contributed by atoms with Crippen LogP contribution in [-0.2, 0) is 6.54 Å². The molecule has 7 heteroatoms. The predicted octanol–water partition coefficient (Wildman–Crippen LogP) is 6.04. The highest BCUT2D eigenvalue weighted by atomic mass is 32.2. The molecule has 0 unspecified atom stereocenters. The summed E-state index contributed by atoms with van der Waals surface area (Å²) in [6.45, 7) is 3.05. The number of fused-ring (bicyclic) bond motifs is 1. The largest absolute Gasteiger partial charge is 0.382 e. The number of imidazole rings is 1. The zero-order valence-electron chi connectivity index (χ0n) is 16.4. The molecule has 2 N–H and O–H groups in total. The Morgan fingerprint density at radius 2 is 1.87 bits per heavy atom. The molecule has 4 heterocycles. The number of benzene rings is 2. The average molecular weight is 430 g/mol. The highest BCUT2D eigenvalue weighted by Crippen LogP contribution is 2.49. The van der Waals surface area contributed by atoms with E-state index >= 15 is 0 Å². The van der Waals surface area contributed by atoms with Gasteiger partial charge in [0.05, 0.1) is 4.91 Å². The van der Waals surface area contributed by atoms with Crippen LogP contribution in [0, 0.1) is 0 Å². The van der Waals surface area contributed by atoms with Gasteiger partial charge in [0.15, 0.2) is 17.0 Å². The van der Waals surface area contributed by atoms with Crippen LogP contribution in [0.3, 0.4) is 0 Å². The highest BCUT2D eigenvalue weighted by Gasteiger charge is 2.24. The lowest BCUT2D eigenvalue weighted by Gasteiger charge is -2.21. The van der Waals surface area contributed by atoms with Gasteiger partial charge in [-0.15, -0.1) is 0 Å². The molecule has 5 nitrogen and oxygen atoms in total. The monoisotopic (exact) mass is 429 g/mol. The molecule has 0 radical (unpaired) electrons. The standard InChI is InChI=1S/C23H19N5S2/c1-2-3-9-28-22(27-20-21(24)25-12-26-23(20)28)17-11-14-5-6-15-18-13(8-10-29-15)4-7-16(30-17)19(14)18/h4-8,10-12H,2-3,9H2,1H3,(H2,24,25,26). The third-order valence-corrected chi connectivity index (χ3v) is 7.56. The summed E-state index contributed by atoms with van der Waals surface area (Å²) >= 11 is 3.57. The molecule has 0 aliphatic carbocycles. The van der Waals surface area contributed by atoms with Crippen LogP contribution in [0.15, 0.2) is 45.8 Å². The number of aryl methyl sites for hydroxylation is 1. The summed E-state index contributed by atoms with van der Waals surface area (Å²) in [5.74, 6) is 1.35. The molecule has 148 valence electrons. The van der Waals surface area contributed by atoms with Crippen molar-refractivity contribution < 1.29 is 0 Å². The fraction of sp³-hybridized carbons (Fsp3) is 0.174. The number of anilines is 1. The second-order valence-corrected chi connectivity index (χ2v) is 9.49. The number of nitrogen functional groups attached to an aromatic ring is 1. The molecule has 2 aromatic carbocycles. The van der Waals surface area contributed by atoms with Crippen LogP contribution in [0.1, 0.15) is 36.7 Å². The van der Waals surface area contributed by atoms with Crippen LogP contribution < -0.4 is 5.73 Å². The van der Waals surface area contributed by atoms with E-state index in [9.17, 15) is 0 Å². The average Bonchev–Trinajstić information content (AvgIpc) is 3.16. The molecule has 2 aliphatic heterocycles. The first-order valence-electron chi connectivity index (χ1n) is 10.0. The van der Waals surface area contributed by atoms with Gasteiger partial charge in [0.25, 0.3) is 0 Å². The number of nitrogens with two attached hydrogens (primary N) is 1. The van der Waals surface area contributed by atoms with E-state index < -0.39 is 0 Å². The lowest BCUT2D eigenvalue weighted by molar-refractivity contribution is 0.637. The summed E-state index contributed by atoms with van der Waals surface area (Å²) in [7, 11) is 0. The van der Waals surface area contributed by atoms with Crippen LogP contribution in [-0.4, -0.2) is 19.5 Å². The molecule has 0 amide bonds. The smallest absolute Gasteiger partial charge is 0.165 e. The quantitative estimate of drug-likeness (QED) is 0.426. The molecular weight excluding hydrogens is 410 g/mol. The summed E-state index contributed by atoms with van der Waals surface area (Å²) in [4.78, 5) is 17.3. The first-order chi connectivity index (χ1) is 14.7. The molecule has 30 heavy (non-hydrogen) atoms. The maximum Gasteiger partial charge on any atom is 0.165 e. The molecular formula is C23H19N5S2. The zero-order chi connectivity index (χ0) is 20.2. The zero-order valence-corrected chi connectivity index (χ0v) is 18.1. The summed E-state index contributed by atoms with van der Waals surface area (Å²) < 4.78 is 2.20. The number of rotatable bonds is 4. The Hall–Kier alpha value is -2.77. The SMILES string of the molecule is CCCCn1c(C2=Cc3ccc4c5c(ccc(c35)S2)C=CS4)nc2c(N)ncnc21. The summed E-state index contributed by atoms with van der Waals surface area (Å²) in [6.07, 6.45) is 8.15. The number of thioether (sulfide) groups is 2. The Kier molecular flexibility index (Phi) is 4.14. The molecule has 4 aromatic rings. The van der Waals surface area contributed by atoms with Crippen LogP contribution in [0.25, 0.3) is 39.0 Å². The van der Waals surface area contributed by atoms with E-state index in [4.69, 9.17) is 10.7 Å².